The fourth-order valence-corrected chi connectivity index (χ4v) is 3.59. The molecular weight excluding hydrogens is 438 g/mol. The SMILES string of the molecule is COc1ccc(Br)cc1C(N)c1cc(Br)cc(Br)c1. The van der Waals surface area contributed by atoms with E-state index in [4.69, 9.17) is 10.5 Å². The van der Waals surface area contributed by atoms with Gasteiger partial charge in [-0.15, -0.1) is 0 Å². The molecule has 0 aromatic heterocycles. The van der Waals surface area contributed by atoms with Gasteiger partial charge in [0.05, 0.1) is 13.2 Å². The molecule has 0 radical (unpaired) electrons. The van der Waals surface area contributed by atoms with E-state index in [1.54, 1.807) is 7.11 Å². The van der Waals surface area contributed by atoms with Crippen molar-refractivity contribution in [1.82, 2.24) is 0 Å². The zero-order valence-corrected chi connectivity index (χ0v) is 14.9. The summed E-state index contributed by atoms with van der Waals surface area (Å²) in [4.78, 5) is 0. The van der Waals surface area contributed by atoms with Crippen LogP contribution in [0.3, 0.4) is 0 Å². The maximum absolute atomic E-state index is 6.36. The van der Waals surface area contributed by atoms with Gasteiger partial charge in [-0.2, -0.15) is 0 Å². The second-order valence-electron chi connectivity index (χ2n) is 4.07. The minimum Gasteiger partial charge on any atom is -0.496 e. The molecule has 2 nitrogen and oxygen atoms in total. The Balaban J connectivity index is 2.48. The van der Waals surface area contributed by atoms with E-state index < -0.39 is 0 Å². The van der Waals surface area contributed by atoms with Crippen LogP contribution in [0.5, 0.6) is 5.75 Å². The number of ether oxygens (including phenoxy) is 1. The van der Waals surface area contributed by atoms with Gasteiger partial charge in [0.2, 0.25) is 0 Å². The van der Waals surface area contributed by atoms with Crippen molar-refractivity contribution in [2.75, 3.05) is 7.11 Å². The monoisotopic (exact) mass is 447 g/mol. The van der Waals surface area contributed by atoms with Crippen LogP contribution >= 0.6 is 47.8 Å². The molecule has 2 aromatic rings. The fourth-order valence-electron chi connectivity index (χ4n) is 1.88. The second kappa shape index (κ2) is 6.39. The summed E-state index contributed by atoms with van der Waals surface area (Å²) < 4.78 is 8.33. The van der Waals surface area contributed by atoms with E-state index in [0.717, 1.165) is 30.3 Å². The second-order valence-corrected chi connectivity index (χ2v) is 6.81. The molecule has 0 heterocycles. The number of hydrogen-bond donors (Lipinski definition) is 1. The van der Waals surface area contributed by atoms with Crippen LogP contribution in [-0.2, 0) is 0 Å². The molecule has 0 aliphatic rings. The Hall–Kier alpha value is -0.360. The summed E-state index contributed by atoms with van der Waals surface area (Å²) in [7, 11) is 1.65. The zero-order chi connectivity index (χ0) is 14.0. The number of rotatable bonds is 3. The van der Waals surface area contributed by atoms with Crippen LogP contribution in [0.25, 0.3) is 0 Å². The van der Waals surface area contributed by atoms with Crippen LogP contribution in [0.4, 0.5) is 0 Å². The van der Waals surface area contributed by atoms with Crippen molar-refractivity contribution in [2.45, 2.75) is 6.04 Å². The average Bonchev–Trinajstić information content (AvgIpc) is 2.36. The molecule has 1 unspecified atom stereocenters. The van der Waals surface area contributed by atoms with Crippen LogP contribution in [0.2, 0.25) is 0 Å². The summed E-state index contributed by atoms with van der Waals surface area (Å²) in [5, 5.41) is 0. The molecule has 0 saturated heterocycles. The van der Waals surface area contributed by atoms with Crippen molar-refractivity contribution >= 4 is 47.8 Å². The van der Waals surface area contributed by atoms with Gasteiger partial charge in [-0.3, -0.25) is 0 Å². The average molecular weight is 450 g/mol. The minimum absolute atomic E-state index is 0.249. The molecule has 0 aliphatic heterocycles. The van der Waals surface area contributed by atoms with Gasteiger partial charge in [0.25, 0.3) is 0 Å². The summed E-state index contributed by atoms with van der Waals surface area (Å²) in [6, 6.07) is 11.6. The van der Waals surface area contributed by atoms with E-state index >= 15 is 0 Å². The number of hydrogen-bond acceptors (Lipinski definition) is 2. The Bertz CT molecular complexity index is 581. The molecule has 19 heavy (non-hydrogen) atoms. The van der Waals surface area contributed by atoms with Crippen molar-refractivity contribution in [3.8, 4) is 5.75 Å². The number of nitrogens with two attached hydrogens (primary N) is 1. The van der Waals surface area contributed by atoms with Crippen LogP contribution in [0.1, 0.15) is 17.2 Å². The first-order valence-electron chi connectivity index (χ1n) is 5.56. The standard InChI is InChI=1S/C14H12Br3NO/c1-19-13-3-2-9(15)7-12(13)14(18)8-4-10(16)6-11(17)5-8/h2-7,14H,18H2,1H3. The summed E-state index contributed by atoms with van der Waals surface area (Å²) in [5.41, 5.74) is 8.31. The molecule has 2 rings (SSSR count). The Morgan fingerprint density at radius 1 is 0.947 bits per heavy atom. The zero-order valence-electron chi connectivity index (χ0n) is 10.2. The molecule has 5 heteroatoms. The van der Waals surface area contributed by atoms with Gasteiger partial charge in [0.1, 0.15) is 5.75 Å². The number of halogens is 3. The highest BCUT2D eigenvalue weighted by Crippen LogP contribution is 2.33. The third kappa shape index (κ3) is 3.60. The molecule has 1 atom stereocenters. The summed E-state index contributed by atoms with van der Waals surface area (Å²) in [6.07, 6.45) is 0. The lowest BCUT2D eigenvalue weighted by Gasteiger charge is -2.17. The van der Waals surface area contributed by atoms with Gasteiger partial charge < -0.3 is 10.5 Å². The predicted octanol–water partition coefficient (Wildman–Crippen LogP) is 5.03. The predicted molar refractivity (Wildman–Crippen MR) is 88.6 cm³/mol. The smallest absolute Gasteiger partial charge is 0.124 e. The number of benzene rings is 2. The summed E-state index contributed by atoms with van der Waals surface area (Å²) in [6.45, 7) is 0. The third-order valence-corrected chi connectivity index (χ3v) is 4.18. The quantitative estimate of drug-likeness (QED) is 0.713. The third-order valence-electron chi connectivity index (χ3n) is 2.77. The summed E-state index contributed by atoms with van der Waals surface area (Å²) >= 11 is 10.4. The van der Waals surface area contributed by atoms with Gasteiger partial charge in [0, 0.05) is 19.0 Å². The Morgan fingerprint density at radius 3 is 2.16 bits per heavy atom. The van der Waals surface area contributed by atoms with Crippen molar-refractivity contribution in [2.24, 2.45) is 5.73 Å². The van der Waals surface area contributed by atoms with Crippen LogP contribution < -0.4 is 10.5 Å². The van der Waals surface area contributed by atoms with Crippen molar-refractivity contribution < 1.29 is 4.74 Å². The highest BCUT2D eigenvalue weighted by Gasteiger charge is 2.15. The van der Waals surface area contributed by atoms with E-state index in [-0.39, 0.29) is 6.04 Å². The van der Waals surface area contributed by atoms with Gasteiger partial charge >= 0.3 is 0 Å². The highest BCUT2D eigenvalue weighted by molar-refractivity contribution is 9.11. The fraction of sp³-hybridized carbons (Fsp3) is 0.143. The normalized spacial score (nSPS) is 12.3. The maximum atomic E-state index is 6.36. The largest absolute Gasteiger partial charge is 0.496 e. The topological polar surface area (TPSA) is 35.2 Å². The molecule has 100 valence electrons. The van der Waals surface area contributed by atoms with E-state index in [0.29, 0.717) is 0 Å². The van der Waals surface area contributed by atoms with Gasteiger partial charge in [0.15, 0.2) is 0 Å². The lowest BCUT2D eigenvalue weighted by Crippen LogP contribution is -2.13. The van der Waals surface area contributed by atoms with E-state index in [9.17, 15) is 0 Å². The first kappa shape index (κ1) is 15.0. The van der Waals surface area contributed by atoms with Crippen molar-refractivity contribution in [3.63, 3.8) is 0 Å². The van der Waals surface area contributed by atoms with E-state index in [1.807, 2.05) is 36.4 Å². The number of methoxy groups -OCH3 is 1. The van der Waals surface area contributed by atoms with E-state index in [2.05, 4.69) is 47.8 Å². The molecule has 2 N–H and O–H groups in total. The molecule has 0 aliphatic carbocycles. The van der Waals surface area contributed by atoms with Gasteiger partial charge in [-0.05, 0) is 42.0 Å². The van der Waals surface area contributed by atoms with Crippen LogP contribution in [0, 0.1) is 0 Å². The lowest BCUT2D eigenvalue weighted by atomic mass is 9.99. The summed E-state index contributed by atoms with van der Waals surface area (Å²) in [5.74, 6) is 0.784. The molecule has 0 saturated carbocycles. The molecule has 2 aromatic carbocycles. The maximum Gasteiger partial charge on any atom is 0.124 e. The van der Waals surface area contributed by atoms with Crippen molar-refractivity contribution in [1.29, 1.82) is 0 Å². The van der Waals surface area contributed by atoms with Gasteiger partial charge in [-0.25, -0.2) is 0 Å². The lowest BCUT2D eigenvalue weighted by molar-refractivity contribution is 0.407. The highest BCUT2D eigenvalue weighted by atomic mass is 79.9. The Morgan fingerprint density at radius 2 is 1.58 bits per heavy atom. The van der Waals surface area contributed by atoms with Gasteiger partial charge in [-0.1, -0.05) is 47.8 Å². The molecule has 0 fully saturated rings. The van der Waals surface area contributed by atoms with Crippen molar-refractivity contribution in [3.05, 3.63) is 60.9 Å². The van der Waals surface area contributed by atoms with Crippen LogP contribution in [-0.4, -0.2) is 7.11 Å². The molecular formula is C14H12Br3NO. The minimum atomic E-state index is -0.249. The first-order valence-corrected chi connectivity index (χ1v) is 7.94. The molecule has 0 spiro atoms. The Labute approximate surface area is 137 Å². The molecule has 0 amide bonds. The molecule has 0 bridgehead atoms. The van der Waals surface area contributed by atoms with Crippen LogP contribution in [0.15, 0.2) is 49.8 Å². The van der Waals surface area contributed by atoms with E-state index in [1.165, 1.54) is 0 Å². The first-order chi connectivity index (χ1) is 9.01. The Kier molecular flexibility index (Phi) is 5.06.